The highest BCUT2D eigenvalue weighted by atomic mass is 16.3. The maximum Gasteiger partial charge on any atom is 0.165 e. The second-order valence-corrected chi connectivity index (χ2v) is 7.37. The molecule has 1 aliphatic rings. The van der Waals surface area contributed by atoms with Crippen molar-refractivity contribution in [2.24, 2.45) is 4.99 Å². The van der Waals surface area contributed by atoms with Gasteiger partial charge in [-0.2, -0.15) is 0 Å². The highest BCUT2D eigenvalue weighted by molar-refractivity contribution is 6.02. The number of aliphatic hydroxyl groups excluding tert-OH is 2. The quantitative estimate of drug-likeness (QED) is 0.467. The van der Waals surface area contributed by atoms with Crippen molar-refractivity contribution in [3.8, 4) is 0 Å². The summed E-state index contributed by atoms with van der Waals surface area (Å²) in [6.07, 6.45) is 2.02. The molecule has 9 heteroatoms. The van der Waals surface area contributed by atoms with E-state index in [9.17, 15) is 10.2 Å². The highest BCUT2D eigenvalue weighted by Gasteiger charge is 2.32. The number of nitrogen functional groups attached to an aromatic ring is 1. The number of aliphatic hydroxyl groups is 2. The largest absolute Gasteiger partial charge is 0.392 e. The van der Waals surface area contributed by atoms with Crippen molar-refractivity contribution in [3.63, 3.8) is 0 Å². The molecule has 0 fully saturated rings. The first kappa shape index (κ1) is 19.2. The number of aliphatic imine (C=N–C) groups is 1. The molecule has 0 saturated carbocycles. The smallest absolute Gasteiger partial charge is 0.165 e. The Bertz CT molecular complexity index is 1310. The maximum absolute atomic E-state index is 11.4. The molecule has 2 aromatic carbocycles. The van der Waals surface area contributed by atoms with Crippen LogP contribution in [0.25, 0.3) is 11.2 Å². The molecule has 1 unspecified atom stereocenters. The van der Waals surface area contributed by atoms with Crippen LogP contribution in [0, 0.1) is 6.92 Å². The van der Waals surface area contributed by atoms with Crippen LogP contribution >= 0.6 is 0 Å². The number of hydrogen-bond acceptors (Lipinski definition) is 8. The molecule has 31 heavy (non-hydrogen) atoms. The Morgan fingerprint density at radius 1 is 1.06 bits per heavy atom. The van der Waals surface area contributed by atoms with Crippen molar-refractivity contribution < 1.29 is 10.2 Å². The van der Waals surface area contributed by atoms with E-state index in [4.69, 9.17) is 10.7 Å². The molecule has 4 N–H and O–H groups in total. The molecule has 1 aliphatic heterocycles. The van der Waals surface area contributed by atoms with Crippen LogP contribution in [0.5, 0.6) is 0 Å². The number of imidazole rings is 1. The number of aromatic nitrogens is 4. The lowest BCUT2D eigenvalue weighted by atomic mass is 10.0. The van der Waals surface area contributed by atoms with E-state index in [1.807, 2.05) is 47.9 Å². The molecule has 3 heterocycles. The maximum atomic E-state index is 11.4. The zero-order valence-electron chi connectivity index (χ0n) is 16.8. The summed E-state index contributed by atoms with van der Waals surface area (Å²) in [5, 5.41) is 21.3. The second-order valence-electron chi connectivity index (χ2n) is 7.37. The van der Waals surface area contributed by atoms with Crippen LogP contribution in [0.15, 0.2) is 60.1 Å². The zero-order chi connectivity index (χ0) is 21.5. The van der Waals surface area contributed by atoms with Gasteiger partial charge in [0.1, 0.15) is 17.7 Å². The van der Waals surface area contributed by atoms with Crippen LogP contribution in [0.1, 0.15) is 22.9 Å². The van der Waals surface area contributed by atoms with Crippen LogP contribution in [-0.4, -0.2) is 35.6 Å². The van der Waals surface area contributed by atoms with E-state index in [-0.39, 0.29) is 6.61 Å². The third kappa shape index (κ3) is 3.11. The van der Waals surface area contributed by atoms with Gasteiger partial charge in [0.15, 0.2) is 17.7 Å². The molecule has 0 radical (unpaired) electrons. The van der Waals surface area contributed by atoms with Gasteiger partial charge in [-0.1, -0.05) is 30.3 Å². The van der Waals surface area contributed by atoms with Crippen LogP contribution in [0.3, 0.4) is 0 Å². The van der Waals surface area contributed by atoms with Crippen molar-refractivity contribution in [2.75, 3.05) is 10.6 Å². The highest BCUT2D eigenvalue weighted by Crippen LogP contribution is 2.39. The fourth-order valence-electron chi connectivity index (χ4n) is 3.98. The molecule has 0 spiro atoms. The Kier molecular flexibility index (Phi) is 4.61. The number of hydrogen-bond donors (Lipinski definition) is 3. The van der Waals surface area contributed by atoms with Gasteiger partial charge in [0.05, 0.1) is 25.2 Å². The van der Waals surface area contributed by atoms with Gasteiger partial charge in [0.25, 0.3) is 0 Å². The van der Waals surface area contributed by atoms with E-state index in [0.29, 0.717) is 46.2 Å². The number of nitrogens with zero attached hydrogens (tertiary/aromatic N) is 6. The molecule has 1 atom stereocenters. The molecular formula is C22H21N7O2. The second kappa shape index (κ2) is 7.46. The van der Waals surface area contributed by atoms with E-state index in [0.717, 1.165) is 11.3 Å². The Morgan fingerprint density at radius 3 is 2.71 bits per heavy atom. The number of nitrogens with two attached hydrogens (primary N) is 1. The summed E-state index contributed by atoms with van der Waals surface area (Å²) in [6, 6.07) is 13.2. The number of rotatable bonds is 4. The first-order valence-electron chi connectivity index (χ1n) is 9.83. The van der Waals surface area contributed by atoms with Crippen molar-refractivity contribution in [2.45, 2.75) is 26.3 Å². The van der Waals surface area contributed by atoms with Gasteiger partial charge in [0.2, 0.25) is 0 Å². The Balaban J connectivity index is 1.68. The molecule has 5 rings (SSSR count). The van der Waals surface area contributed by atoms with Crippen molar-refractivity contribution in [1.29, 1.82) is 0 Å². The molecule has 0 aliphatic carbocycles. The van der Waals surface area contributed by atoms with Crippen LogP contribution in [0.4, 0.5) is 17.2 Å². The molecule has 0 amide bonds. The van der Waals surface area contributed by atoms with E-state index >= 15 is 0 Å². The van der Waals surface area contributed by atoms with Crippen molar-refractivity contribution in [3.05, 3.63) is 71.8 Å². The number of benzene rings is 2. The van der Waals surface area contributed by atoms with Gasteiger partial charge in [-0.25, -0.2) is 19.9 Å². The molecule has 2 aromatic heterocycles. The lowest BCUT2D eigenvalue weighted by Gasteiger charge is -2.37. The summed E-state index contributed by atoms with van der Waals surface area (Å²) in [4.78, 5) is 19.3. The number of para-hydroxylation sites is 1. The minimum absolute atomic E-state index is 0.185. The number of anilines is 2. The van der Waals surface area contributed by atoms with Gasteiger partial charge < -0.3 is 20.5 Å². The Hall–Kier alpha value is -3.82. The number of fused-ring (bicyclic) bond motifs is 2. The summed E-state index contributed by atoms with van der Waals surface area (Å²) < 4.78 is 1.82. The van der Waals surface area contributed by atoms with E-state index in [2.05, 4.69) is 15.0 Å². The van der Waals surface area contributed by atoms with E-state index < -0.39 is 6.23 Å². The third-order valence-electron chi connectivity index (χ3n) is 5.49. The van der Waals surface area contributed by atoms with Gasteiger partial charge in [-0.3, -0.25) is 4.90 Å². The van der Waals surface area contributed by atoms with Crippen LogP contribution in [-0.2, 0) is 13.2 Å². The lowest BCUT2D eigenvalue weighted by Crippen LogP contribution is -2.40. The Labute approximate surface area is 178 Å². The number of amidine groups is 1. The van der Waals surface area contributed by atoms with Crippen molar-refractivity contribution >= 4 is 34.2 Å². The average Bonchev–Trinajstić information content (AvgIpc) is 3.18. The van der Waals surface area contributed by atoms with E-state index in [1.54, 1.807) is 17.3 Å². The monoisotopic (exact) mass is 415 g/mol. The van der Waals surface area contributed by atoms with Gasteiger partial charge in [-0.15, -0.1) is 0 Å². The first-order valence-corrected chi connectivity index (χ1v) is 9.83. The first-order chi connectivity index (χ1) is 15.1. The molecule has 0 bridgehead atoms. The van der Waals surface area contributed by atoms with Gasteiger partial charge >= 0.3 is 0 Å². The summed E-state index contributed by atoms with van der Waals surface area (Å²) in [5.41, 5.74) is 10.7. The van der Waals surface area contributed by atoms with Gasteiger partial charge in [0, 0.05) is 11.3 Å². The standard InChI is InChI=1S/C22H21N7O2/c1-13-5-2-3-8-16(13)29-17(9-28-12-26-19-20(23)24-11-25-21(19)28)27-15-7-4-6-14(10-30)18(15)22(29)31/h2-8,11-12,22,30-31H,9-10H2,1H3,(H2,23,24,25). The van der Waals surface area contributed by atoms with Gasteiger partial charge in [-0.05, 0) is 30.2 Å². The fraction of sp³-hybridized carbons (Fsp3) is 0.182. The Morgan fingerprint density at radius 2 is 1.90 bits per heavy atom. The molecule has 0 saturated heterocycles. The number of aryl methyl sites for hydroxylation is 1. The molecule has 4 aromatic rings. The predicted molar refractivity (Wildman–Crippen MR) is 118 cm³/mol. The summed E-state index contributed by atoms with van der Waals surface area (Å²) in [7, 11) is 0. The average molecular weight is 415 g/mol. The van der Waals surface area contributed by atoms with Crippen LogP contribution < -0.4 is 10.6 Å². The molecule has 156 valence electrons. The summed E-state index contributed by atoms with van der Waals surface area (Å²) >= 11 is 0. The van der Waals surface area contributed by atoms with E-state index in [1.165, 1.54) is 6.33 Å². The minimum atomic E-state index is -1.01. The summed E-state index contributed by atoms with van der Waals surface area (Å²) in [6.45, 7) is 2.10. The third-order valence-corrected chi connectivity index (χ3v) is 5.49. The molecular weight excluding hydrogens is 394 g/mol. The molecule has 9 nitrogen and oxygen atoms in total. The van der Waals surface area contributed by atoms with Crippen molar-refractivity contribution in [1.82, 2.24) is 19.5 Å². The normalized spacial score (nSPS) is 15.8. The lowest BCUT2D eigenvalue weighted by molar-refractivity contribution is 0.180. The fourth-order valence-corrected chi connectivity index (χ4v) is 3.98. The van der Waals surface area contributed by atoms with Crippen LogP contribution in [0.2, 0.25) is 0 Å². The predicted octanol–water partition coefficient (Wildman–Crippen LogP) is 2.45. The minimum Gasteiger partial charge on any atom is -0.392 e. The summed E-state index contributed by atoms with van der Waals surface area (Å²) in [5.74, 6) is 0.920. The SMILES string of the molecule is Cc1ccccc1N1C(Cn2cnc3c(N)ncnc32)=Nc2cccc(CO)c2C1O. The topological polar surface area (TPSA) is 126 Å². The zero-order valence-corrected chi connectivity index (χ0v) is 16.8.